The topological polar surface area (TPSA) is 20.3 Å². The van der Waals surface area contributed by atoms with Gasteiger partial charge >= 0.3 is 0 Å². The molecule has 0 radical (unpaired) electrons. The van der Waals surface area contributed by atoms with Crippen molar-refractivity contribution in [2.45, 2.75) is 19.8 Å². The highest BCUT2D eigenvalue weighted by atomic mass is 35.5. The Hall–Kier alpha value is -1.02. The highest BCUT2D eigenvalue weighted by Gasteiger charge is 2.25. The molecule has 1 saturated heterocycles. The SMILES string of the molecule is Cc1cccc(CC(=O)N2CCC(CCl)C2)c1. The Morgan fingerprint density at radius 1 is 1.53 bits per heavy atom. The van der Waals surface area contributed by atoms with Crippen LogP contribution in [0.15, 0.2) is 24.3 Å². The van der Waals surface area contributed by atoms with E-state index in [2.05, 4.69) is 6.07 Å². The summed E-state index contributed by atoms with van der Waals surface area (Å²) in [5.41, 5.74) is 2.31. The summed E-state index contributed by atoms with van der Waals surface area (Å²) >= 11 is 5.82. The van der Waals surface area contributed by atoms with Crippen LogP contribution in [-0.2, 0) is 11.2 Å². The van der Waals surface area contributed by atoms with Gasteiger partial charge in [0.15, 0.2) is 0 Å². The second kappa shape index (κ2) is 5.54. The van der Waals surface area contributed by atoms with Gasteiger partial charge in [0.05, 0.1) is 6.42 Å². The third-order valence-electron chi connectivity index (χ3n) is 3.29. The molecule has 2 rings (SSSR count). The van der Waals surface area contributed by atoms with Crippen LogP contribution in [0.5, 0.6) is 0 Å². The standard InChI is InChI=1S/C14H18ClNO/c1-11-3-2-4-12(7-11)8-14(17)16-6-5-13(9-15)10-16/h2-4,7,13H,5-6,8-10H2,1H3. The molecule has 0 bridgehead atoms. The van der Waals surface area contributed by atoms with Gasteiger partial charge in [0.1, 0.15) is 0 Å². The van der Waals surface area contributed by atoms with Crippen molar-refractivity contribution in [3.05, 3.63) is 35.4 Å². The zero-order valence-electron chi connectivity index (χ0n) is 10.2. The van der Waals surface area contributed by atoms with Crippen molar-refractivity contribution in [1.29, 1.82) is 0 Å². The van der Waals surface area contributed by atoms with Crippen LogP contribution in [0.3, 0.4) is 0 Å². The lowest BCUT2D eigenvalue weighted by atomic mass is 10.1. The maximum Gasteiger partial charge on any atom is 0.226 e. The van der Waals surface area contributed by atoms with E-state index in [1.807, 2.05) is 30.0 Å². The predicted octanol–water partition coefficient (Wildman–Crippen LogP) is 2.62. The van der Waals surface area contributed by atoms with Gasteiger partial charge in [0, 0.05) is 19.0 Å². The van der Waals surface area contributed by atoms with Crippen LogP contribution in [0.25, 0.3) is 0 Å². The van der Waals surface area contributed by atoms with Gasteiger partial charge < -0.3 is 4.90 Å². The summed E-state index contributed by atoms with van der Waals surface area (Å²) < 4.78 is 0. The fourth-order valence-electron chi connectivity index (χ4n) is 2.29. The van der Waals surface area contributed by atoms with Gasteiger partial charge in [-0.15, -0.1) is 11.6 Å². The van der Waals surface area contributed by atoms with Gasteiger partial charge in [-0.2, -0.15) is 0 Å². The third kappa shape index (κ3) is 3.22. The van der Waals surface area contributed by atoms with Gasteiger partial charge in [-0.25, -0.2) is 0 Å². The molecular formula is C14H18ClNO. The minimum atomic E-state index is 0.225. The summed E-state index contributed by atoms with van der Waals surface area (Å²) in [6, 6.07) is 8.14. The number of amides is 1. The van der Waals surface area contributed by atoms with Crippen LogP contribution in [-0.4, -0.2) is 29.8 Å². The second-order valence-corrected chi connectivity index (χ2v) is 5.12. The molecule has 0 aromatic heterocycles. The van der Waals surface area contributed by atoms with Crippen LogP contribution in [0, 0.1) is 12.8 Å². The van der Waals surface area contributed by atoms with E-state index in [0.717, 1.165) is 25.1 Å². The number of halogens is 1. The van der Waals surface area contributed by atoms with E-state index in [1.54, 1.807) is 0 Å². The molecule has 92 valence electrons. The normalized spacial score (nSPS) is 19.6. The molecule has 0 N–H and O–H groups in total. The molecule has 0 spiro atoms. The molecule has 3 heteroatoms. The summed E-state index contributed by atoms with van der Waals surface area (Å²) in [7, 11) is 0. The van der Waals surface area contributed by atoms with Crippen LogP contribution in [0.4, 0.5) is 0 Å². The number of alkyl halides is 1. The lowest BCUT2D eigenvalue weighted by molar-refractivity contribution is -0.129. The highest BCUT2D eigenvalue weighted by Crippen LogP contribution is 2.18. The van der Waals surface area contributed by atoms with E-state index in [9.17, 15) is 4.79 Å². The molecule has 2 nitrogen and oxygen atoms in total. The first-order valence-electron chi connectivity index (χ1n) is 6.08. The number of nitrogens with zero attached hydrogens (tertiary/aromatic N) is 1. The van der Waals surface area contributed by atoms with E-state index >= 15 is 0 Å². The summed E-state index contributed by atoms with van der Waals surface area (Å²) in [6.07, 6.45) is 1.56. The Balaban J connectivity index is 1.93. The van der Waals surface area contributed by atoms with Crippen molar-refractivity contribution in [1.82, 2.24) is 4.90 Å². The minimum absolute atomic E-state index is 0.225. The van der Waals surface area contributed by atoms with Gasteiger partial charge in [-0.1, -0.05) is 29.8 Å². The van der Waals surface area contributed by atoms with E-state index in [0.29, 0.717) is 18.2 Å². The maximum absolute atomic E-state index is 12.1. The molecule has 1 aliphatic heterocycles. The number of aryl methyl sites for hydroxylation is 1. The molecule has 1 unspecified atom stereocenters. The van der Waals surface area contributed by atoms with E-state index in [-0.39, 0.29) is 5.91 Å². The molecule has 1 fully saturated rings. The molecule has 0 aliphatic carbocycles. The van der Waals surface area contributed by atoms with E-state index < -0.39 is 0 Å². The van der Waals surface area contributed by atoms with Gasteiger partial charge in [-0.3, -0.25) is 4.79 Å². The van der Waals surface area contributed by atoms with E-state index in [4.69, 9.17) is 11.6 Å². The molecule has 1 aromatic rings. The number of benzene rings is 1. The molecule has 1 aromatic carbocycles. The summed E-state index contributed by atoms with van der Waals surface area (Å²) in [5.74, 6) is 1.37. The maximum atomic E-state index is 12.1. The summed E-state index contributed by atoms with van der Waals surface area (Å²) in [6.45, 7) is 3.74. The molecule has 1 atom stereocenters. The van der Waals surface area contributed by atoms with Gasteiger partial charge in [0.2, 0.25) is 5.91 Å². The fraction of sp³-hybridized carbons (Fsp3) is 0.500. The number of hydrogen-bond acceptors (Lipinski definition) is 1. The Bertz CT molecular complexity index is 405. The highest BCUT2D eigenvalue weighted by molar-refractivity contribution is 6.18. The van der Waals surface area contributed by atoms with Crippen LogP contribution < -0.4 is 0 Å². The third-order valence-corrected chi connectivity index (χ3v) is 3.73. The summed E-state index contributed by atoms with van der Waals surface area (Å²) in [4.78, 5) is 14.0. The minimum Gasteiger partial charge on any atom is -0.342 e. The lowest BCUT2D eigenvalue weighted by Crippen LogP contribution is -2.30. The predicted molar refractivity (Wildman–Crippen MR) is 70.3 cm³/mol. The van der Waals surface area contributed by atoms with Crippen molar-refractivity contribution >= 4 is 17.5 Å². The van der Waals surface area contributed by atoms with Crippen LogP contribution >= 0.6 is 11.6 Å². The first kappa shape index (κ1) is 12.4. The molecule has 0 saturated carbocycles. The lowest BCUT2D eigenvalue weighted by Gasteiger charge is -2.16. The zero-order valence-corrected chi connectivity index (χ0v) is 10.9. The van der Waals surface area contributed by atoms with Crippen molar-refractivity contribution in [2.75, 3.05) is 19.0 Å². The van der Waals surface area contributed by atoms with Crippen molar-refractivity contribution < 1.29 is 4.79 Å². The smallest absolute Gasteiger partial charge is 0.226 e. The Morgan fingerprint density at radius 3 is 3.00 bits per heavy atom. The summed E-state index contributed by atoms with van der Waals surface area (Å²) in [5, 5.41) is 0. The van der Waals surface area contributed by atoms with Gasteiger partial charge in [-0.05, 0) is 24.8 Å². The molecule has 1 aliphatic rings. The Labute approximate surface area is 108 Å². The Morgan fingerprint density at radius 2 is 2.35 bits per heavy atom. The van der Waals surface area contributed by atoms with Gasteiger partial charge in [0.25, 0.3) is 0 Å². The average molecular weight is 252 g/mol. The number of carbonyl (C=O) groups is 1. The van der Waals surface area contributed by atoms with Crippen LogP contribution in [0.1, 0.15) is 17.5 Å². The Kier molecular flexibility index (Phi) is 4.06. The van der Waals surface area contributed by atoms with E-state index in [1.165, 1.54) is 5.56 Å². The molecule has 1 amide bonds. The van der Waals surface area contributed by atoms with Crippen molar-refractivity contribution in [3.8, 4) is 0 Å². The number of likely N-dealkylation sites (tertiary alicyclic amines) is 1. The fourth-order valence-corrected chi connectivity index (χ4v) is 2.55. The molecule has 1 heterocycles. The molecule has 17 heavy (non-hydrogen) atoms. The largest absolute Gasteiger partial charge is 0.342 e. The van der Waals surface area contributed by atoms with Crippen LogP contribution in [0.2, 0.25) is 0 Å². The van der Waals surface area contributed by atoms with Crippen molar-refractivity contribution in [3.63, 3.8) is 0 Å². The first-order chi connectivity index (χ1) is 8.19. The quantitative estimate of drug-likeness (QED) is 0.757. The second-order valence-electron chi connectivity index (χ2n) is 4.81. The first-order valence-corrected chi connectivity index (χ1v) is 6.62. The number of rotatable bonds is 3. The number of hydrogen-bond donors (Lipinski definition) is 0. The number of carbonyl (C=O) groups excluding carboxylic acids is 1. The molecular weight excluding hydrogens is 234 g/mol. The van der Waals surface area contributed by atoms with Crippen molar-refractivity contribution in [2.24, 2.45) is 5.92 Å². The average Bonchev–Trinajstić information content (AvgIpc) is 2.77. The monoisotopic (exact) mass is 251 g/mol. The zero-order chi connectivity index (χ0) is 12.3.